The van der Waals surface area contributed by atoms with E-state index in [9.17, 15) is 0 Å². The molecule has 0 saturated carbocycles. The van der Waals surface area contributed by atoms with Crippen LogP contribution in [0.1, 0.15) is 32.3 Å². The first-order chi connectivity index (χ1) is 9.81. The highest BCUT2D eigenvalue weighted by molar-refractivity contribution is 5.42. The van der Waals surface area contributed by atoms with Crippen molar-refractivity contribution in [3.63, 3.8) is 0 Å². The molecule has 0 radical (unpaired) electrons. The molecule has 1 aromatic rings. The minimum absolute atomic E-state index is 0.643. The standard InChI is InChI=1S/C16H27NO3/c1-4-9-17-13-14-7-8-15(16(12-14)18-3)20-11-6-10-19-5-2/h7-8,12,17H,4-6,9-11,13H2,1-3H3. The van der Waals surface area contributed by atoms with E-state index in [1.165, 1.54) is 5.56 Å². The lowest BCUT2D eigenvalue weighted by molar-refractivity contribution is 0.130. The first-order valence-corrected chi connectivity index (χ1v) is 7.40. The van der Waals surface area contributed by atoms with Crippen molar-refractivity contribution in [1.29, 1.82) is 0 Å². The lowest BCUT2D eigenvalue weighted by Crippen LogP contribution is -2.13. The highest BCUT2D eigenvalue weighted by atomic mass is 16.5. The number of ether oxygens (including phenoxy) is 3. The summed E-state index contributed by atoms with van der Waals surface area (Å²) in [6, 6.07) is 6.08. The SMILES string of the molecule is CCCNCc1ccc(OCCCOCC)c(OC)c1. The van der Waals surface area contributed by atoms with Crippen molar-refractivity contribution in [3.8, 4) is 11.5 Å². The van der Waals surface area contributed by atoms with Crippen molar-refractivity contribution in [3.05, 3.63) is 23.8 Å². The molecule has 0 amide bonds. The molecule has 1 aromatic carbocycles. The number of benzene rings is 1. The van der Waals surface area contributed by atoms with Crippen LogP contribution in [-0.2, 0) is 11.3 Å². The molecule has 0 fully saturated rings. The lowest BCUT2D eigenvalue weighted by atomic mass is 10.2. The second-order valence-electron chi connectivity index (χ2n) is 4.56. The molecule has 20 heavy (non-hydrogen) atoms. The van der Waals surface area contributed by atoms with E-state index in [1.807, 2.05) is 19.1 Å². The summed E-state index contributed by atoms with van der Waals surface area (Å²) in [6.45, 7) is 8.17. The van der Waals surface area contributed by atoms with Crippen molar-refractivity contribution in [2.24, 2.45) is 0 Å². The molecule has 1 rings (SSSR count). The van der Waals surface area contributed by atoms with Crippen LogP contribution in [0, 0.1) is 0 Å². The van der Waals surface area contributed by atoms with E-state index in [0.29, 0.717) is 6.61 Å². The molecule has 0 aliphatic rings. The number of rotatable bonds is 11. The predicted octanol–water partition coefficient (Wildman–Crippen LogP) is 3.00. The molecule has 4 nitrogen and oxygen atoms in total. The van der Waals surface area contributed by atoms with Gasteiger partial charge in [-0.15, -0.1) is 0 Å². The highest BCUT2D eigenvalue weighted by Crippen LogP contribution is 2.28. The maximum Gasteiger partial charge on any atom is 0.161 e. The maximum atomic E-state index is 5.73. The molecule has 1 N–H and O–H groups in total. The summed E-state index contributed by atoms with van der Waals surface area (Å²) in [4.78, 5) is 0. The Morgan fingerprint density at radius 2 is 1.95 bits per heavy atom. The molecule has 0 atom stereocenters. The van der Waals surface area contributed by atoms with E-state index in [2.05, 4.69) is 18.3 Å². The van der Waals surface area contributed by atoms with Gasteiger partial charge in [0.15, 0.2) is 11.5 Å². The Hall–Kier alpha value is -1.26. The smallest absolute Gasteiger partial charge is 0.161 e. The van der Waals surface area contributed by atoms with Gasteiger partial charge in [0.25, 0.3) is 0 Å². The van der Waals surface area contributed by atoms with Gasteiger partial charge >= 0.3 is 0 Å². The second-order valence-corrected chi connectivity index (χ2v) is 4.56. The highest BCUT2D eigenvalue weighted by Gasteiger charge is 2.05. The summed E-state index contributed by atoms with van der Waals surface area (Å²) < 4.78 is 16.4. The fourth-order valence-corrected chi connectivity index (χ4v) is 1.84. The minimum Gasteiger partial charge on any atom is -0.493 e. The maximum absolute atomic E-state index is 5.73. The molecule has 0 bridgehead atoms. The first-order valence-electron chi connectivity index (χ1n) is 7.40. The topological polar surface area (TPSA) is 39.7 Å². The van der Waals surface area contributed by atoms with E-state index in [-0.39, 0.29) is 0 Å². The number of hydrogen-bond donors (Lipinski definition) is 1. The molecule has 0 aliphatic heterocycles. The summed E-state index contributed by atoms with van der Waals surface area (Å²) in [5, 5.41) is 3.38. The minimum atomic E-state index is 0.643. The molecule has 0 saturated heterocycles. The molecular weight excluding hydrogens is 254 g/mol. The Morgan fingerprint density at radius 1 is 1.10 bits per heavy atom. The Balaban J connectivity index is 2.45. The van der Waals surface area contributed by atoms with Crippen LogP contribution in [-0.4, -0.2) is 33.5 Å². The van der Waals surface area contributed by atoms with Crippen LogP contribution in [0.4, 0.5) is 0 Å². The van der Waals surface area contributed by atoms with Crippen molar-refractivity contribution in [2.75, 3.05) is 33.5 Å². The van der Waals surface area contributed by atoms with E-state index < -0.39 is 0 Å². The summed E-state index contributed by atoms with van der Waals surface area (Å²) in [5.74, 6) is 1.58. The number of methoxy groups -OCH3 is 1. The molecule has 114 valence electrons. The van der Waals surface area contributed by atoms with Crippen molar-refractivity contribution in [1.82, 2.24) is 5.32 Å². The van der Waals surface area contributed by atoms with E-state index >= 15 is 0 Å². The van der Waals surface area contributed by atoms with Crippen LogP contribution in [0.3, 0.4) is 0 Å². The monoisotopic (exact) mass is 281 g/mol. The van der Waals surface area contributed by atoms with E-state index in [0.717, 1.165) is 50.6 Å². The van der Waals surface area contributed by atoms with Gasteiger partial charge in [-0.05, 0) is 37.6 Å². The van der Waals surface area contributed by atoms with Crippen molar-refractivity contribution >= 4 is 0 Å². The normalized spacial score (nSPS) is 10.6. The van der Waals surface area contributed by atoms with Crippen LogP contribution in [0.5, 0.6) is 11.5 Å². The fraction of sp³-hybridized carbons (Fsp3) is 0.625. The van der Waals surface area contributed by atoms with Crippen LogP contribution in [0.25, 0.3) is 0 Å². The van der Waals surface area contributed by atoms with Gasteiger partial charge in [-0.3, -0.25) is 0 Å². The van der Waals surface area contributed by atoms with Gasteiger partial charge in [0, 0.05) is 26.2 Å². The Labute approximate surface area is 122 Å². The quantitative estimate of drug-likeness (QED) is 0.633. The predicted molar refractivity (Wildman–Crippen MR) is 81.6 cm³/mol. The van der Waals surface area contributed by atoms with Gasteiger partial charge < -0.3 is 19.5 Å². The van der Waals surface area contributed by atoms with Gasteiger partial charge in [-0.1, -0.05) is 13.0 Å². The van der Waals surface area contributed by atoms with Gasteiger partial charge in [0.1, 0.15) is 0 Å². The summed E-state index contributed by atoms with van der Waals surface area (Å²) >= 11 is 0. The van der Waals surface area contributed by atoms with Crippen molar-refractivity contribution in [2.45, 2.75) is 33.2 Å². The Bertz CT molecular complexity index is 369. The average Bonchev–Trinajstić information content (AvgIpc) is 2.48. The number of hydrogen-bond acceptors (Lipinski definition) is 4. The third kappa shape index (κ3) is 6.26. The van der Waals surface area contributed by atoms with Crippen LogP contribution >= 0.6 is 0 Å². The van der Waals surface area contributed by atoms with Crippen LogP contribution in [0.2, 0.25) is 0 Å². The van der Waals surface area contributed by atoms with Crippen LogP contribution in [0.15, 0.2) is 18.2 Å². The van der Waals surface area contributed by atoms with Gasteiger partial charge in [0.05, 0.1) is 13.7 Å². The zero-order valence-corrected chi connectivity index (χ0v) is 12.9. The molecule has 0 heterocycles. The third-order valence-corrected chi connectivity index (χ3v) is 2.88. The zero-order chi connectivity index (χ0) is 14.6. The van der Waals surface area contributed by atoms with Crippen LogP contribution < -0.4 is 14.8 Å². The Kier molecular flexibility index (Phi) is 8.83. The average molecular weight is 281 g/mol. The fourth-order valence-electron chi connectivity index (χ4n) is 1.84. The third-order valence-electron chi connectivity index (χ3n) is 2.88. The molecule has 0 unspecified atom stereocenters. The molecule has 4 heteroatoms. The largest absolute Gasteiger partial charge is 0.493 e. The second kappa shape index (κ2) is 10.5. The summed E-state index contributed by atoms with van der Waals surface area (Å²) in [7, 11) is 1.67. The van der Waals surface area contributed by atoms with E-state index in [4.69, 9.17) is 14.2 Å². The first kappa shape index (κ1) is 16.8. The number of nitrogens with one attached hydrogen (secondary N) is 1. The molecular formula is C16H27NO3. The Morgan fingerprint density at radius 3 is 2.65 bits per heavy atom. The molecule has 0 aliphatic carbocycles. The lowest BCUT2D eigenvalue weighted by Gasteiger charge is -2.12. The van der Waals surface area contributed by atoms with E-state index in [1.54, 1.807) is 7.11 Å². The van der Waals surface area contributed by atoms with Gasteiger partial charge in [-0.25, -0.2) is 0 Å². The van der Waals surface area contributed by atoms with Gasteiger partial charge in [0.2, 0.25) is 0 Å². The molecule has 0 spiro atoms. The van der Waals surface area contributed by atoms with Gasteiger partial charge in [-0.2, -0.15) is 0 Å². The summed E-state index contributed by atoms with van der Waals surface area (Å²) in [6.07, 6.45) is 2.02. The zero-order valence-electron chi connectivity index (χ0n) is 12.9. The molecule has 0 aromatic heterocycles. The van der Waals surface area contributed by atoms with Crippen molar-refractivity contribution < 1.29 is 14.2 Å². The summed E-state index contributed by atoms with van der Waals surface area (Å²) in [5.41, 5.74) is 1.21.